The molecular weight excluding hydrogens is 262 g/mol. The van der Waals surface area contributed by atoms with Crippen molar-refractivity contribution in [3.63, 3.8) is 0 Å². The van der Waals surface area contributed by atoms with E-state index >= 15 is 0 Å². The molecular formula is C17H25N3O. The molecule has 0 saturated heterocycles. The summed E-state index contributed by atoms with van der Waals surface area (Å²) in [6.45, 7) is 9.40. The number of aliphatic hydroxyl groups excluding tert-OH is 1. The molecule has 0 aliphatic rings. The van der Waals surface area contributed by atoms with Crippen molar-refractivity contribution in [2.75, 3.05) is 11.4 Å². The number of para-hydroxylation sites is 1. The number of benzene rings is 1. The van der Waals surface area contributed by atoms with Crippen molar-refractivity contribution in [1.29, 1.82) is 0 Å². The van der Waals surface area contributed by atoms with Gasteiger partial charge >= 0.3 is 0 Å². The van der Waals surface area contributed by atoms with Crippen LogP contribution in [0.1, 0.15) is 38.4 Å². The van der Waals surface area contributed by atoms with Crippen LogP contribution in [0, 0.1) is 6.92 Å². The summed E-state index contributed by atoms with van der Waals surface area (Å²) in [7, 11) is 0. The van der Waals surface area contributed by atoms with Crippen molar-refractivity contribution in [2.24, 2.45) is 0 Å². The zero-order chi connectivity index (χ0) is 15.4. The molecule has 1 aromatic carbocycles. The molecule has 0 spiro atoms. The summed E-state index contributed by atoms with van der Waals surface area (Å²) < 4.78 is 1.95. The Morgan fingerprint density at radius 3 is 2.43 bits per heavy atom. The fourth-order valence-electron chi connectivity index (χ4n) is 2.67. The number of aliphatic hydroxyl groups is 1. The second kappa shape index (κ2) is 6.76. The molecule has 4 nitrogen and oxygen atoms in total. The van der Waals surface area contributed by atoms with E-state index < -0.39 is 0 Å². The fraction of sp³-hybridized carbons (Fsp3) is 0.471. The van der Waals surface area contributed by atoms with Crippen LogP contribution in [0.15, 0.2) is 30.3 Å². The van der Waals surface area contributed by atoms with Gasteiger partial charge in [-0.2, -0.15) is 5.10 Å². The largest absolute Gasteiger partial charge is 0.391 e. The molecule has 0 aliphatic carbocycles. The van der Waals surface area contributed by atoms with Gasteiger partial charge in [0.15, 0.2) is 0 Å². The standard InChI is InChI=1S/C17H25N3O/c1-5-13(3)19(6-2)17-16(12-21)14(4)18-20(17)15-10-8-7-9-11-15/h7-11,13,21H,5-6,12H2,1-4H3. The zero-order valence-electron chi connectivity index (χ0n) is 13.4. The predicted octanol–water partition coefficient (Wildman–Crippen LogP) is 3.30. The summed E-state index contributed by atoms with van der Waals surface area (Å²) in [5.41, 5.74) is 2.83. The molecule has 1 N–H and O–H groups in total. The number of rotatable bonds is 6. The van der Waals surface area contributed by atoms with Crippen LogP contribution in [0.4, 0.5) is 5.82 Å². The van der Waals surface area contributed by atoms with E-state index in [0.717, 1.165) is 35.7 Å². The minimum atomic E-state index is 0.0148. The molecule has 2 aromatic rings. The Morgan fingerprint density at radius 1 is 1.24 bits per heavy atom. The molecule has 1 aromatic heterocycles. The Bertz CT molecular complexity index is 577. The van der Waals surface area contributed by atoms with Crippen LogP contribution in [0.3, 0.4) is 0 Å². The fourth-order valence-corrected chi connectivity index (χ4v) is 2.67. The van der Waals surface area contributed by atoms with Gasteiger partial charge in [-0.1, -0.05) is 25.1 Å². The molecule has 0 amide bonds. The quantitative estimate of drug-likeness (QED) is 0.886. The number of aromatic nitrogens is 2. The van der Waals surface area contributed by atoms with Crippen LogP contribution in [-0.4, -0.2) is 27.5 Å². The molecule has 2 rings (SSSR count). The average Bonchev–Trinajstić information content (AvgIpc) is 2.85. The minimum absolute atomic E-state index is 0.0148. The average molecular weight is 287 g/mol. The summed E-state index contributed by atoms with van der Waals surface area (Å²) in [5.74, 6) is 1.01. The monoisotopic (exact) mass is 287 g/mol. The summed E-state index contributed by atoms with van der Waals surface area (Å²) in [6, 6.07) is 10.5. The van der Waals surface area contributed by atoms with Gasteiger partial charge in [0, 0.05) is 18.2 Å². The summed E-state index contributed by atoms with van der Waals surface area (Å²) in [5, 5.41) is 14.4. The third-order valence-corrected chi connectivity index (χ3v) is 4.05. The predicted molar refractivity (Wildman–Crippen MR) is 87.0 cm³/mol. The number of anilines is 1. The molecule has 0 radical (unpaired) electrons. The van der Waals surface area contributed by atoms with Crippen molar-refractivity contribution in [3.05, 3.63) is 41.6 Å². The molecule has 21 heavy (non-hydrogen) atoms. The van der Waals surface area contributed by atoms with Gasteiger partial charge < -0.3 is 10.0 Å². The highest BCUT2D eigenvalue weighted by molar-refractivity contribution is 5.55. The highest BCUT2D eigenvalue weighted by atomic mass is 16.3. The van der Waals surface area contributed by atoms with Crippen LogP contribution in [0.25, 0.3) is 5.69 Å². The zero-order valence-corrected chi connectivity index (χ0v) is 13.4. The van der Waals surface area contributed by atoms with Crippen molar-refractivity contribution in [3.8, 4) is 5.69 Å². The first-order valence-corrected chi connectivity index (χ1v) is 7.65. The Kier molecular flexibility index (Phi) is 5.02. The number of hydrogen-bond donors (Lipinski definition) is 1. The van der Waals surface area contributed by atoms with E-state index in [2.05, 4.69) is 30.8 Å². The maximum Gasteiger partial charge on any atom is 0.138 e. The topological polar surface area (TPSA) is 41.3 Å². The molecule has 0 saturated carbocycles. The molecule has 1 unspecified atom stereocenters. The van der Waals surface area contributed by atoms with Crippen molar-refractivity contribution in [2.45, 2.75) is 46.8 Å². The van der Waals surface area contributed by atoms with Crippen LogP contribution in [-0.2, 0) is 6.61 Å². The van der Waals surface area contributed by atoms with E-state index in [9.17, 15) is 5.11 Å². The molecule has 1 atom stereocenters. The van der Waals surface area contributed by atoms with Gasteiger partial charge in [-0.05, 0) is 39.3 Å². The molecule has 0 fully saturated rings. The van der Waals surface area contributed by atoms with E-state index in [1.807, 2.05) is 41.9 Å². The Balaban J connectivity index is 2.61. The second-order valence-corrected chi connectivity index (χ2v) is 5.34. The molecule has 1 heterocycles. The number of hydrogen-bond acceptors (Lipinski definition) is 3. The van der Waals surface area contributed by atoms with Crippen LogP contribution in [0.2, 0.25) is 0 Å². The first-order chi connectivity index (χ1) is 10.1. The number of aryl methyl sites for hydroxylation is 1. The van der Waals surface area contributed by atoms with Crippen molar-refractivity contribution >= 4 is 5.82 Å². The smallest absolute Gasteiger partial charge is 0.138 e. The first kappa shape index (κ1) is 15.6. The van der Waals surface area contributed by atoms with Crippen LogP contribution >= 0.6 is 0 Å². The SMILES string of the molecule is CCC(C)N(CC)c1c(CO)c(C)nn1-c1ccccc1. The lowest BCUT2D eigenvalue weighted by Crippen LogP contribution is -2.34. The van der Waals surface area contributed by atoms with Gasteiger partial charge in [-0.3, -0.25) is 0 Å². The Morgan fingerprint density at radius 2 is 1.90 bits per heavy atom. The highest BCUT2D eigenvalue weighted by Gasteiger charge is 2.23. The van der Waals surface area contributed by atoms with Gasteiger partial charge in [0.25, 0.3) is 0 Å². The molecule has 0 bridgehead atoms. The van der Waals surface area contributed by atoms with Gasteiger partial charge in [0.1, 0.15) is 5.82 Å². The lowest BCUT2D eigenvalue weighted by Gasteiger charge is -2.30. The second-order valence-electron chi connectivity index (χ2n) is 5.34. The van der Waals surface area contributed by atoms with E-state index in [1.165, 1.54) is 0 Å². The van der Waals surface area contributed by atoms with Gasteiger partial charge in [-0.25, -0.2) is 4.68 Å². The maximum absolute atomic E-state index is 9.78. The summed E-state index contributed by atoms with van der Waals surface area (Å²) in [6.07, 6.45) is 1.05. The van der Waals surface area contributed by atoms with E-state index in [0.29, 0.717) is 6.04 Å². The lowest BCUT2D eigenvalue weighted by atomic mass is 10.1. The molecule has 0 aliphatic heterocycles. The maximum atomic E-state index is 9.78. The van der Waals surface area contributed by atoms with E-state index in [4.69, 9.17) is 0 Å². The Hall–Kier alpha value is -1.81. The summed E-state index contributed by atoms with van der Waals surface area (Å²) >= 11 is 0. The van der Waals surface area contributed by atoms with Crippen LogP contribution in [0.5, 0.6) is 0 Å². The van der Waals surface area contributed by atoms with Gasteiger partial charge in [-0.15, -0.1) is 0 Å². The first-order valence-electron chi connectivity index (χ1n) is 7.65. The molecule has 114 valence electrons. The summed E-state index contributed by atoms with van der Waals surface area (Å²) in [4.78, 5) is 2.32. The van der Waals surface area contributed by atoms with E-state index in [1.54, 1.807) is 0 Å². The van der Waals surface area contributed by atoms with E-state index in [-0.39, 0.29) is 6.61 Å². The normalized spacial score (nSPS) is 12.4. The minimum Gasteiger partial charge on any atom is -0.391 e. The van der Waals surface area contributed by atoms with Crippen molar-refractivity contribution in [1.82, 2.24) is 9.78 Å². The molecule has 4 heteroatoms. The van der Waals surface area contributed by atoms with Gasteiger partial charge in [0.2, 0.25) is 0 Å². The third kappa shape index (κ3) is 2.95. The van der Waals surface area contributed by atoms with Crippen LogP contribution < -0.4 is 4.90 Å². The number of nitrogens with zero attached hydrogens (tertiary/aromatic N) is 3. The van der Waals surface area contributed by atoms with Crippen molar-refractivity contribution < 1.29 is 5.11 Å². The highest BCUT2D eigenvalue weighted by Crippen LogP contribution is 2.29. The Labute approximate surface area is 127 Å². The third-order valence-electron chi connectivity index (χ3n) is 4.05. The lowest BCUT2D eigenvalue weighted by molar-refractivity contribution is 0.281. The van der Waals surface area contributed by atoms with Gasteiger partial charge in [0.05, 0.1) is 18.0 Å².